The smallest absolute Gasteiger partial charge is 0.262 e. The molecule has 0 unspecified atom stereocenters. The van der Waals surface area contributed by atoms with Crippen LogP contribution in [0.1, 0.15) is 22.8 Å². The van der Waals surface area contributed by atoms with Gasteiger partial charge in [0.05, 0.1) is 38.2 Å². The fourth-order valence-electron chi connectivity index (χ4n) is 1.96. The molecule has 2 rings (SSSR count). The molecule has 6 heteroatoms. The van der Waals surface area contributed by atoms with Gasteiger partial charge in [-0.3, -0.25) is 14.9 Å². The SMILES string of the molecule is CCO/C=C1\C(=O)NC(=O)c2cc(OC)cc(OC)c21. The van der Waals surface area contributed by atoms with Gasteiger partial charge in [0.1, 0.15) is 11.5 Å². The number of hydrogen-bond acceptors (Lipinski definition) is 5. The predicted octanol–water partition coefficient (Wildman–Crippen LogP) is 1.35. The summed E-state index contributed by atoms with van der Waals surface area (Å²) < 4.78 is 15.5. The molecule has 1 heterocycles. The molecule has 0 saturated carbocycles. The summed E-state index contributed by atoms with van der Waals surface area (Å²) in [4.78, 5) is 23.9. The van der Waals surface area contributed by atoms with Crippen molar-refractivity contribution in [2.75, 3.05) is 20.8 Å². The van der Waals surface area contributed by atoms with Gasteiger partial charge in [-0.2, -0.15) is 0 Å². The number of hydrogen-bond donors (Lipinski definition) is 1. The number of amides is 2. The fourth-order valence-corrected chi connectivity index (χ4v) is 1.96. The highest BCUT2D eigenvalue weighted by Gasteiger charge is 2.31. The summed E-state index contributed by atoms with van der Waals surface area (Å²) in [6, 6.07) is 3.17. The zero-order chi connectivity index (χ0) is 14.7. The van der Waals surface area contributed by atoms with Crippen LogP contribution in [0.2, 0.25) is 0 Å². The summed E-state index contributed by atoms with van der Waals surface area (Å²) in [7, 11) is 2.95. The summed E-state index contributed by atoms with van der Waals surface area (Å²) in [5, 5.41) is 2.26. The first-order chi connectivity index (χ1) is 9.62. The van der Waals surface area contributed by atoms with Crippen LogP contribution in [0.3, 0.4) is 0 Å². The molecule has 1 aromatic rings. The predicted molar refractivity (Wildman–Crippen MR) is 71.6 cm³/mol. The second kappa shape index (κ2) is 5.64. The molecule has 1 aliphatic heterocycles. The van der Waals surface area contributed by atoms with Crippen molar-refractivity contribution in [2.24, 2.45) is 0 Å². The Morgan fingerprint density at radius 3 is 2.50 bits per heavy atom. The molecule has 2 amide bonds. The zero-order valence-corrected chi connectivity index (χ0v) is 11.5. The fraction of sp³-hybridized carbons (Fsp3) is 0.286. The van der Waals surface area contributed by atoms with E-state index in [-0.39, 0.29) is 5.57 Å². The molecule has 0 radical (unpaired) electrons. The molecule has 1 N–H and O–H groups in total. The molecule has 6 nitrogen and oxygen atoms in total. The molecule has 1 aromatic carbocycles. The van der Waals surface area contributed by atoms with Crippen molar-refractivity contribution in [3.05, 3.63) is 29.5 Å². The monoisotopic (exact) mass is 277 g/mol. The van der Waals surface area contributed by atoms with Crippen LogP contribution >= 0.6 is 0 Å². The van der Waals surface area contributed by atoms with E-state index in [4.69, 9.17) is 14.2 Å². The highest BCUT2D eigenvalue weighted by Crippen LogP contribution is 2.36. The van der Waals surface area contributed by atoms with E-state index in [2.05, 4.69) is 5.32 Å². The van der Waals surface area contributed by atoms with E-state index >= 15 is 0 Å². The van der Waals surface area contributed by atoms with Gasteiger partial charge in [0.25, 0.3) is 11.8 Å². The minimum absolute atomic E-state index is 0.251. The third kappa shape index (κ3) is 2.32. The average Bonchev–Trinajstić information content (AvgIpc) is 2.46. The molecular weight excluding hydrogens is 262 g/mol. The van der Waals surface area contributed by atoms with E-state index in [1.165, 1.54) is 20.5 Å². The van der Waals surface area contributed by atoms with Crippen LogP contribution in [0.15, 0.2) is 18.4 Å². The summed E-state index contributed by atoms with van der Waals surface area (Å²) in [5.41, 5.74) is 0.975. The molecule has 106 valence electrons. The van der Waals surface area contributed by atoms with Gasteiger partial charge in [0.2, 0.25) is 0 Å². The zero-order valence-electron chi connectivity index (χ0n) is 11.5. The van der Waals surface area contributed by atoms with Gasteiger partial charge in [-0.1, -0.05) is 0 Å². The summed E-state index contributed by atoms with van der Waals surface area (Å²) >= 11 is 0. The highest BCUT2D eigenvalue weighted by molar-refractivity contribution is 6.31. The lowest BCUT2D eigenvalue weighted by Crippen LogP contribution is -2.36. The lowest BCUT2D eigenvalue weighted by atomic mass is 9.94. The number of methoxy groups -OCH3 is 2. The molecular formula is C14H15NO5. The molecule has 0 aromatic heterocycles. The van der Waals surface area contributed by atoms with Gasteiger partial charge >= 0.3 is 0 Å². The second-order valence-corrected chi connectivity index (χ2v) is 4.02. The standard InChI is InChI=1S/C14H15NO5/c1-4-20-7-10-12-9(13(16)15-14(10)17)5-8(18-2)6-11(12)19-3/h5-7H,4H2,1-3H3,(H,15,16,17)/b10-7-. The second-order valence-electron chi connectivity index (χ2n) is 4.02. The molecule has 20 heavy (non-hydrogen) atoms. The molecule has 1 aliphatic rings. The van der Waals surface area contributed by atoms with E-state index < -0.39 is 11.8 Å². The Labute approximate surface area is 116 Å². The van der Waals surface area contributed by atoms with Crippen molar-refractivity contribution in [3.63, 3.8) is 0 Å². The van der Waals surface area contributed by atoms with E-state index in [9.17, 15) is 9.59 Å². The maximum Gasteiger partial charge on any atom is 0.262 e. The topological polar surface area (TPSA) is 73.9 Å². The third-order valence-corrected chi connectivity index (χ3v) is 2.88. The Kier molecular flexibility index (Phi) is 3.93. The van der Waals surface area contributed by atoms with Crippen molar-refractivity contribution >= 4 is 17.4 Å². The minimum atomic E-state index is -0.514. The van der Waals surface area contributed by atoms with Crippen LogP contribution in [-0.2, 0) is 9.53 Å². The van der Waals surface area contributed by atoms with Crippen molar-refractivity contribution in [1.82, 2.24) is 5.32 Å². The molecule has 0 atom stereocenters. The van der Waals surface area contributed by atoms with Crippen molar-refractivity contribution in [2.45, 2.75) is 6.92 Å². The van der Waals surface area contributed by atoms with Gasteiger partial charge in [-0.25, -0.2) is 0 Å². The van der Waals surface area contributed by atoms with Crippen LogP contribution < -0.4 is 14.8 Å². The van der Waals surface area contributed by atoms with Crippen LogP contribution in [-0.4, -0.2) is 32.6 Å². The Hall–Kier alpha value is -2.50. The van der Waals surface area contributed by atoms with Gasteiger partial charge in [-0.15, -0.1) is 0 Å². The number of fused-ring (bicyclic) bond motifs is 1. The Morgan fingerprint density at radius 1 is 1.15 bits per heavy atom. The van der Waals surface area contributed by atoms with Gasteiger partial charge in [0.15, 0.2) is 0 Å². The van der Waals surface area contributed by atoms with Gasteiger partial charge in [-0.05, 0) is 13.0 Å². The first-order valence-electron chi connectivity index (χ1n) is 6.06. The largest absolute Gasteiger partial charge is 0.501 e. The molecule has 0 fully saturated rings. The number of imide groups is 1. The molecule has 0 saturated heterocycles. The molecule has 0 spiro atoms. The third-order valence-electron chi connectivity index (χ3n) is 2.88. The van der Waals surface area contributed by atoms with Crippen molar-refractivity contribution < 1.29 is 23.8 Å². The first kappa shape index (κ1) is 13.9. The van der Waals surface area contributed by atoms with Crippen LogP contribution in [0.4, 0.5) is 0 Å². The Bertz CT molecular complexity index is 591. The first-order valence-corrected chi connectivity index (χ1v) is 6.06. The summed E-state index contributed by atoms with van der Waals surface area (Å²) in [5.74, 6) is -0.148. The normalized spacial score (nSPS) is 15.7. The van der Waals surface area contributed by atoms with Crippen LogP contribution in [0, 0.1) is 0 Å². The summed E-state index contributed by atoms with van der Waals surface area (Å²) in [6.07, 6.45) is 1.33. The minimum Gasteiger partial charge on any atom is -0.501 e. The van der Waals surface area contributed by atoms with E-state index in [1.54, 1.807) is 19.1 Å². The Balaban J connectivity index is 2.67. The Morgan fingerprint density at radius 2 is 1.90 bits per heavy atom. The molecule has 0 aliphatic carbocycles. The summed E-state index contributed by atoms with van der Waals surface area (Å²) in [6.45, 7) is 2.22. The maximum atomic E-state index is 11.9. The number of nitrogens with one attached hydrogen (secondary N) is 1. The van der Waals surface area contributed by atoms with Gasteiger partial charge in [0, 0.05) is 11.6 Å². The van der Waals surface area contributed by atoms with Gasteiger partial charge < -0.3 is 14.2 Å². The lowest BCUT2D eigenvalue weighted by Gasteiger charge is -2.21. The average molecular weight is 277 g/mol. The highest BCUT2D eigenvalue weighted by atomic mass is 16.5. The molecule has 0 bridgehead atoms. The van der Waals surface area contributed by atoms with Crippen molar-refractivity contribution in [1.29, 1.82) is 0 Å². The van der Waals surface area contributed by atoms with E-state index in [0.29, 0.717) is 29.2 Å². The van der Waals surface area contributed by atoms with Crippen LogP contribution in [0.5, 0.6) is 11.5 Å². The number of benzene rings is 1. The number of carbonyl (C=O) groups is 2. The maximum absolute atomic E-state index is 11.9. The number of ether oxygens (including phenoxy) is 3. The van der Waals surface area contributed by atoms with E-state index in [1.807, 2.05) is 0 Å². The number of carbonyl (C=O) groups excluding carboxylic acids is 2. The lowest BCUT2D eigenvalue weighted by molar-refractivity contribution is -0.115. The number of rotatable bonds is 4. The van der Waals surface area contributed by atoms with E-state index in [0.717, 1.165) is 0 Å². The van der Waals surface area contributed by atoms with Crippen LogP contribution in [0.25, 0.3) is 5.57 Å². The van der Waals surface area contributed by atoms with Crippen molar-refractivity contribution in [3.8, 4) is 11.5 Å². The quantitative estimate of drug-likeness (QED) is 0.511.